The maximum atomic E-state index is 12.3. The van der Waals surface area contributed by atoms with E-state index >= 15 is 0 Å². The van der Waals surface area contributed by atoms with Crippen LogP contribution >= 0.6 is 11.6 Å². The van der Waals surface area contributed by atoms with Gasteiger partial charge in [0.15, 0.2) is 0 Å². The molecular formula is C13H21ClN4O. The Morgan fingerprint density at radius 1 is 1.47 bits per heavy atom. The van der Waals surface area contributed by atoms with Crippen molar-refractivity contribution in [2.75, 3.05) is 13.1 Å². The van der Waals surface area contributed by atoms with Crippen molar-refractivity contribution in [3.63, 3.8) is 0 Å². The van der Waals surface area contributed by atoms with Gasteiger partial charge in [0.1, 0.15) is 0 Å². The SMILES string of the molecule is CCC1NCCN(Cc2c(Cl)c(C)nn2CC)C1=O. The van der Waals surface area contributed by atoms with Crippen LogP contribution in [0.1, 0.15) is 31.7 Å². The fourth-order valence-corrected chi connectivity index (χ4v) is 2.66. The summed E-state index contributed by atoms with van der Waals surface area (Å²) < 4.78 is 1.88. The van der Waals surface area contributed by atoms with Crippen LogP contribution in [0, 0.1) is 6.92 Å². The van der Waals surface area contributed by atoms with Gasteiger partial charge in [-0.3, -0.25) is 9.48 Å². The van der Waals surface area contributed by atoms with Crippen molar-refractivity contribution in [2.45, 2.75) is 46.3 Å². The molecule has 1 aliphatic heterocycles. The average Bonchev–Trinajstić information content (AvgIpc) is 2.68. The highest BCUT2D eigenvalue weighted by Crippen LogP contribution is 2.22. The number of aryl methyl sites for hydroxylation is 2. The van der Waals surface area contributed by atoms with E-state index in [0.29, 0.717) is 11.6 Å². The Hall–Kier alpha value is -1.07. The number of nitrogens with zero attached hydrogens (tertiary/aromatic N) is 3. The second-order valence-corrected chi connectivity index (χ2v) is 5.21. The molecule has 6 heteroatoms. The molecule has 1 amide bonds. The highest BCUT2D eigenvalue weighted by molar-refractivity contribution is 6.31. The number of halogens is 1. The van der Waals surface area contributed by atoms with Crippen molar-refractivity contribution < 1.29 is 4.79 Å². The lowest BCUT2D eigenvalue weighted by molar-refractivity contribution is -0.136. The third-order valence-corrected chi connectivity index (χ3v) is 4.08. The fraction of sp³-hybridized carbons (Fsp3) is 0.692. The van der Waals surface area contributed by atoms with Gasteiger partial charge in [-0.15, -0.1) is 0 Å². The maximum Gasteiger partial charge on any atom is 0.240 e. The molecule has 0 aromatic carbocycles. The van der Waals surface area contributed by atoms with Crippen LogP contribution in [0.5, 0.6) is 0 Å². The van der Waals surface area contributed by atoms with E-state index in [9.17, 15) is 4.79 Å². The van der Waals surface area contributed by atoms with Crippen LogP contribution in [0.25, 0.3) is 0 Å². The van der Waals surface area contributed by atoms with Crippen LogP contribution < -0.4 is 5.32 Å². The minimum Gasteiger partial charge on any atom is -0.334 e. The highest BCUT2D eigenvalue weighted by Gasteiger charge is 2.28. The van der Waals surface area contributed by atoms with Crippen LogP contribution in [-0.4, -0.2) is 39.7 Å². The topological polar surface area (TPSA) is 50.2 Å². The van der Waals surface area contributed by atoms with Gasteiger partial charge in [-0.2, -0.15) is 5.10 Å². The summed E-state index contributed by atoms with van der Waals surface area (Å²) in [6.45, 7) is 8.81. The number of rotatable bonds is 4. The molecule has 1 aromatic rings. The molecule has 1 saturated heterocycles. The van der Waals surface area contributed by atoms with Crippen LogP contribution in [0.2, 0.25) is 5.02 Å². The monoisotopic (exact) mass is 284 g/mol. The smallest absolute Gasteiger partial charge is 0.240 e. The molecule has 1 aliphatic rings. The number of carbonyl (C=O) groups is 1. The Morgan fingerprint density at radius 2 is 2.21 bits per heavy atom. The molecule has 5 nitrogen and oxygen atoms in total. The second kappa shape index (κ2) is 5.92. The zero-order valence-electron chi connectivity index (χ0n) is 11.7. The Labute approximate surface area is 118 Å². The molecule has 0 bridgehead atoms. The Kier molecular flexibility index (Phi) is 4.47. The molecule has 0 radical (unpaired) electrons. The zero-order chi connectivity index (χ0) is 14.0. The van der Waals surface area contributed by atoms with Crippen molar-refractivity contribution >= 4 is 17.5 Å². The van der Waals surface area contributed by atoms with Crippen LogP contribution in [0.4, 0.5) is 0 Å². The first-order chi connectivity index (χ1) is 9.08. The van der Waals surface area contributed by atoms with E-state index in [4.69, 9.17) is 11.6 Å². The van der Waals surface area contributed by atoms with Gasteiger partial charge >= 0.3 is 0 Å². The number of hydrogen-bond donors (Lipinski definition) is 1. The molecule has 0 saturated carbocycles. The summed E-state index contributed by atoms with van der Waals surface area (Å²) in [5.41, 5.74) is 1.76. The van der Waals surface area contributed by atoms with Crippen LogP contribution in [0.15, 0.2) is 0 Å². The lowest BCUT2D eigenvalue weighted by atomic mass is 10.1. The minimum absolute atomic E-state index is 0.0633. The van der Waals surface area contributed by atoms with E-state index in [-0.39, 0.29) is 11.9 Å². The van der Waals surface area contributed by atoms with E-state index in [1.807, 2.05) is 30.4 Å². The van der Waals surface area contributed by atoms with Gasteiger partial charge in [-0.25, -0.2) is 0 Å². The number of hydrogen-bond acceptors (Lipinski definition) is 3. The highest BCUT2D eigenvalue weighted by atomic mass is 35.5. The normalized spacial score (nSPS) is 20.1. The first kappa shape index (κ1) is 14.3. The van der Waals surface area contributed by atoms with Gasteiger partial charge in [0.25, 0.3) is 0 Å². The van der Waals surface area contributed by atoms with E-state index < -0.39 is 0 Å². The summed E-state index contributed by atoms with van der Waals surface area (Å²) in [6, 6.07) is -0.0633. The molecule has 1 atom stereocenters. The van der Waals surface area contributed by atoms with Gasteiger partial charge < -0.3 is 10.2 Å². The largest absolute Gasteiger partial charge is 0.334 e. The Balaban J connectivity index is 2.19. The molecular weight excluding hydrogens is 264 g/mol. The molecule has 19 heavy (non-hydrogen) atoms. The number of aromatic nitrogens is 2. The second-order valence-electron chi connectivity index (χ2n) is 4.84. The van der Waals surface area contributed by atoms with Gasteiger partial charge in [-0.1, -0.05) is 18.5 Å². The molecule has 1 aromatic heterocycles. The van der Waals surface area contributed by atoms with Crippen molar-refractivity contribution in [3.05, 3.63) is 16.4 Å². The molecule has 0 spiro atoms. The minimum atomic E-state index is -0.0633. The Bertz CT molecular complexity index is 471. The van der Waals surface area contributed by atoms with E-state index in [1.54, 1.807) is 0 Å². The molecule has 1 unspecified atom stereocenters. The lowest BCUT2D eigenvalue weighted by Crippen LogP contribution is -2.54. The summed E-state index contributed by atoms with van der Waals surface area (Å²) in [5, 5.41) is 8.31. The predicted molar refractivity (Wildman–Crippen MR) is 75.1 cm³/mol. The summed E-state index contributed by atoms with van der Waals surface area (Å²) in [7, 11) is 0. The fourth-order valence-electron chi connectivity index (χ4n) is 2.47. The van der Waals surface area contributed by atoms with Gasteiger partial charge in [0, 0.05) is 19.6 Å². The molecule has 0 aliphatic carbocycles. The number of nitrogens with one attached hydrogen (secondary N) is 1. The summed E-state index contributed by atoms with van der Waals surface area (Å²) in [6.07, 6.45) is 0.815. The number of carbonyl (C=O) groups excluding carboxylic acids is 1. The van der Waals surface area contributed by atoms with E-state index in [1.165, 1.54) is 0 Å². The molecule has 106 valence electrons. The molecule has 1 N–H and O–H groups in total. The molecule has 1 fully saturated rings. The van der Waals surface area contributed by atoms with Crippen molar-refractivity contribution in [1.82, 2.24) is 20.0 Å². The van der Waals surface area contributed by atoms with Crippen molar-refractivity contribution in [2.24, 2.45) is 0 Å². The van der Waals surface area contributed by atoms with Crippen molar-refractivity contribution in [3.8, 4) is 0 Å². The average molecular weight is 285 g/mol. The predicted octanol–water partition coefficient (Wildman–Crippen LogP) is 1.58. The van der Waals surface area contributed by atoms with Crippen LogP contribution in [0.3, 0.4) is 0 Å². The van der Waals surface area contributed by atoms with E-state index in [2.05, 4.69) is 10.4 Å². The third kappa shape index (κ3) is 2.77. The molecule has 2 heterocycles. The summed E-state index contributed by atoms with van der Waals surface area (Å²) in [5.74, 6) is 0.159. The maximum absolute atomic E-state index is 12.3. The number of amides is 1. The summed E-state index contributed by atoms with van der Waals surface area (Å²) >= 11 is 6.29. The van der Waals surface area contributed by atoms with Gasteiger partial charge in [0.05, 0.1) is 29.0 Å². The van der Waals surface area contributed by atoms with E-state index in [0.717, 1.165) is 37.4 Å². The molecule has 2 rings (SSSR count). The Morgan fingerprint density at radius 3 is 2.84 bits per heavy atom. The third-order valence-electron chi connectivity index (χ3n) is 3.58. The first-order valence-corrected chi connectivity index (χ1v) is 7.20. The zero-order valence-corrected chi connectivity index (χ0v) is 12.5. The lowest BCUT2D eigenvalue weighted by Gasteiger charge is -2.32. The van der Waals surface area contributed by atoms with Crippen LogP contribution in [-0.2, 0) is 17.9 Å². The van der Waals surface area contributed by atoms with Gasteiger partial charge in [-0.05, 0) is 20.3 Å². The first-order valence-electron chi connectivity index (χ1n) is 6.82. The van der Waals surface area contributed by atoms with Gasteiger partial charge in [0.2, 0.25) is 5.91 Å². The standard InChI is InChI=1S/C13H21ClN4O/c1-4-10-13(19)17(7-6-15-10)8-11-12(14)9(3)16-18(11)5-2/h10,15H,4-8H2,1-3H3. The quantitative estimate of drug-likeness (QED) is 0.913. The van der Waals surface area contributed by atoms with Crippen molar-refractivity contribution in [1.29, 1.82) is 0 Å². The summed E-state index contributed by atoms with van der Waals surface area (Å²) in [4.78, 5) is 14.1. The number of piperazine rings is 1.